The molecule has 14 nitrogen and oxygen atoms in total. The van der Waals surface area contributed by atoms with Gasteiger partial charge in [0, 0.05) is 32.8 Å². The molecule has 0 spiro atoms. The first kappa shape index (κ1) is 46.2. The maximum absolute atomic E-state index is 14.5. The first-order chi connectivity index (χ1) is 24.4. The van der Waals surface area contributed by atoms with Crippen molar-refractivity contribution in [2.75, 3.05) is 46.4 Å². The Morgan fingerprint density at radius 1 is 0.824 bits per heavy atom. The predicted molar refractivity (Wildman–Crippen MR) is 201 cm³/mol. The molecular formula is C37H72N8O6. The summed E-state index contributed by atoms with van der Waals surface area (Å²) in [5, 5.41) is 8.69. The number of amides is 5. The second-order valence-corrected chi connectivity index (χ2v) is 14.3. The minimum absolute atomic E-state index is 0.108. The van der Waals surface area contributed by atoms with Crippen LogP contribution in [0.3, 0.4) is 0 Å². The fraction of sp³-hybridized carbons (Fsp3) is 0.865. The molecule has 1 saturated carbocycles. The Morgan fingerprint density at radius 3 is 2.06 bits per heavy atom. The molecule has 0 saturated heterocycles. The monoisotopic (exact) mass is 725 g/mol. The Bertz CT molecular complexity index is 1040. The topological polar surface area (TPSA) is 215 Å². The number of nitrogens with one attached hydrogen (secondary N) is 3. The molecule has 14 heteroatoms. The summed E-state index contributed by atoms with van der Waals surface area (Å²) in [5.74, 6) is -2.35. The van der Waals surface area contributed by atoms with Crippen molar-refractivity contribution < 1.29 is 28.7 Å². The number of carbonyl (C=O) groups excluding carboxylic acids is 5. The predicted octanol–water partition coefficient (Wildman–Crippen LogP) is 1.77. The van der Waals surface area contributed by atoms with Crippen LogP contribution in [0.15, 0.2) is 0 Å². The highest BCUT2D eigenvalue weighted by Gasteiger charge is 2.38. The number of likely N-dealkylation sites (N-methyl/N-ethyl adjacent to an activating group) is 1. The number of rotatable bonds is 27. The zero-order valence-corrected chi connectivity index (χ0v) is 32.6. The van der Waals surface area contributed by atoms with Crippen molar-refractivity contribution in [3.05, 3.63) is 0 Å². The fourth-order valence-electron chi connectivity index (χ4n) is 6.70. The first-order valence-corrected chi connectivity index (χ1v) is 19.6. The molecule has 0 aromatic carbocycles. The van der Waals surface area contributed by atoms with Crippen molar-refractivity contribution >= 4 is 29.5 Å². The lowest BCUT2D eigenvalue weighted by molar-refractivity contribution is -0.145. The summed E-state index contributed by atoms with van der Waals surface area (Å²) < 4.78 is 5.59. The maximum atomic E-state index is 14.5. The first-order valence-electron chi connectivity index (χ1n) is 19.6. The van der Waals surface area contributed by atoms with Gasteiger partial charge in [-0.15, -0.1) is 0 Å². The van der Waals surface area contributed by atoms with E-state index in [2.05, 4.69) is 34.7 Å². The second kappa shape index (κ2) is 26.0. The smallest absolute Gasteiger partial charge is 0.243 e. The molecule has 9 N–H and O–H groups in total. The SMILES string of the molecule is CCCC[C@@H](C(=O)N(C)[C@@H](CCC)C(=O)N[C@H](C(=O)N[C@@H](CN)C(N)=O)C1CCCCC1)N(CCCC)[C@@H](C)CNC(=O)[C@@H](C)COCCCN. The second-order valence-electron chi connectivity index (χ2n) is 14.3. The highest BCUT2D eigenvalue weighted by Crippen LogP contribution is 2.27. The van der Waals surface area contributed by atoms with Crippen molar-refractivity contribution in [2.45, 2.75) is 148 Å². The van der Waals surface area contributed by atoms with Crippen LogP contribution in [0.25, 0.3) is 0 Å². The molecule has 0 aromatic rings. The minimum Gasteiger partial charge on any atom is -0.381 e. The zero-order valence-electron chi connectivity index (χ0n) is 32.6. The van der Waals surface area contributed by atoms with Crippen LogP contribution in [-0.2, 0) is 28.7 Å². The quantitative estimate of drug-likeness (QED) is 0.0680. The molecule has 1 aliphatic carbocycles. The van der Waals surface area contributed by atoms with Gasteiger partial charge in [-0.3, -0.25) is 28.9 Å². The number of nitrogens with two attached hydrogens (primary N) is 3. The van der Waals surface area contributed by atoms with Crippen LogP contribution >= 0.6 is 0 Å². The molecule has 0 radical (unpaired) electrons. The number of carbonyl (C=O) groups is 5. The summed E-state index contributed by atoms with van der Waals surface area (Å²) in [6, 6.07) is -3.40. The lowest BCUT2D eigenvalue weighted by Crippen LogP contribution is -2.61. The molecule has 0 aromatic heterocycles. The van der Waals surface area contributed by atoms with Crippen molar-refractivity contribution in [3.63, 3.8) is 0 Å². The Hall–Kier alpha value is -2.81. The van der Waals surface area contributed by atoms with Crippen LogP contribution in [0.2, 0.25) is 0 Å². The Labute approximate surface area is 307 Å². The molecule has 51 heavy (non-hydrogen) atoms. The third kappa shape index (κ3) is 16.2. The molecule has 5 amide bonds. The number of ether oxygens (including phenoxy) is 1. The van der Waals surface area contributed by atoms with E-state index in [1.54, 1.807) is 11.9 Å². The van der Waals surface area contributed by atoms with E-state index in [0.29, 0.717) is 52.1 Å². The Morgan fingerprint density at radius 2 is 1.49 bits per heavy atom. The van der Waals surface area contributed by atoms with Crippen LogP contribution in [0.4, 0.5) is 0 Å². The van der Waals surface area contributed by atoms with Crippen molar-refractivity contribution in [1.82, 2.24) is 25.8 Å². The van der Waals surface area contributed by atoms with Crippen LogP contribution in [0.1, 0.15) is 118 Å². The summed E-state index contributed by atoms with van der Waals surface area (Å²) in [5.41, 5.74) is 16.7. The van der Waals surface area contributed by atoms with E-state index in [9.17, 15) is 24.0 Å². The van der Waals surface area contributed by atoms with E-state index in [0.717, 1.165) is 64.2 Å². The minimum atomic E-state index is -1.05. The number of unbranched alkanes of at least 4 members (excludes halogenated alkanes) is 2. The van der Waals surface area contributed by atoms with E-state index in [1.807, 2.05) is 20.8 Å². The lowest BCUT2D eigenvalue weighted by Gasteiger charge is -2.40. The van der Waals surface area contributed by atoms with E-state index in [1.165, 1.54) is 0 Å². The van der Waals surface area contributed by atoms with Gasteiger partial charge in [0.1, 0.15) is 18.1 Å². The van der Waals surface area contributed by atoms with Crippen LogP contribution in [0, 0.1) is 11.8 Å². The van der Waals surface area contributed by atoms with Gasteiger partial charge >= 0.3 is 0 Å². The van der Waals surface area contributed by atoms with E-state index in [-0.39, 0.29) is 36.2 Å². The molecular weight excluding hydrogens is 652 g/mol. The molecule has 0 unspecified atom stereocenters. The van der Waals surface area contributed by atoms with Gasteiger partial charge in [-0.05, 0) is 64.5 Å². The van der Waals surface area contributed by atoms with Gasteiger partial charge in [0.2, 0.25) is 29.5 Å². The molecule has 6 atom stereocenters. The number of nitrogens with zero attached hydrogens (tertiary/aromatic N) is 2. The van der Waals surface area contributed by atoms with Gasteiger partial charge in [-0.25, -0.2) is 0 Å². The third-order valence-electron chi connectivity index (χ3n) is 10.0. The van der Waals surface area contributed by atoms with Crippen LogP contribution in [0.5, 0.6) is 0 Å². The van der Waals surface area contributed by atoms with E-state index >= 15 is 0 Å². The highest BCUT2D eigenvalue weighted by molar-refractivity contribution is 5.94. The zero-order chi connectivity index (χ0) is 38.3. The highest BCUT2D eigenvalue weighted by atomic mass is 16.5. The molecule has 1 fully saturated rings. The van der Waals surface area contributed by atoms with Gasteiger partial charge in [0.25, 0.3) is 0 Å². The van der Waals surface area contributed by atoms with Crippen LogP contribution < -0.4 is 33.2 Å². The van der Waals surface area contributed by atoms with Gasteiger partial charge in [0.05, 0.1) is 18.6 Å². The van der Waals surface area contributed by atoms with Gasteiger partial charge in [-0.2, -0.15) is 0 Å². The summed E-state index contributed by atoms with van der Waals surface area (Å²) >= 11 is 0. The molecule has 1 aliphatic rings. The standard InChI is InChI=1S/C37H72N8O6/c1-7-10-19-31(45(21-11-8-2)27(5)24-41-34(47)26(4)25-51-22-15-20-38)37(50)44(6)30(16-9-3)35(48)43-32(28-17-13-12-14-18-28)36(49)42-29(23-39)33(40)46/h26-32H,7-25,38-39H2,1-6H3,(H2,40,46)(H,41,47)(H,42,49)(H,43,48)/t26-,27-,29-,30-,31-,32-/m0/s1. The molecule has 0 bridgehead atoms. The summed E-state index contributed by atoms with van der Waals surface area (Å²) in [6.45, 7) is 12.2. The fourth-order valence-corrected chi connectivity index (χ4v) is 6.70. The van der Waals surface area contributed by atoms with Crippen LogP contribution in [-0.4, -0.2) is 116 Å². The molecule has 296 valence electrons. The molecule has 1 rings (SSSR count). The normalized spacial score (nSPS) is 17.1. The van der Waals surface area contributed by atoms with Crippen molar-refractivity contribution in [1.29, 1.82) is 0 Å². The number of hydrogen-bond donors (Lipinski definition) is 6. The van der Waals surface area contributed by atoms with Crippen molar-refractivity contribution in [2.24, 2.45) is 29.0 Å². The average molecular weight is 725 g/mol. The Balaban J connectivity index is 3.27. The summed E-state index contributed by atoms with van der Waals surface area (Å²) in [4.78, 5) is 70.7. The van der Waals surface area contributed by atoms with E-state index < -0.39 is 41.9 Å². The summed E-state index contributed by atoms with van der Waals surface area (Å²) in [7, 11) is 1.67. The maximum Gasteiger partial charge on any atom is 0.243 e. The number of hydrogen-bond acceptors (Lipinski definition) is 9. The van der Waals surface area contributed by atoms with Gasteiger partial charge in [-0.1, -0.05) is 72.6 Å². The van der Waals surface area contributed by atoms with Crippen molar-refractivity contribution in [3.8, 4) is 0 Å². The number of primary amides is 1. The summed E-state index contributed by atoms with van der Waals surface area (Å²) in [6.07, 6.45) is 10.4. The average Bonchev–Trinajstić information content (AvgIpc) is 3.13. The van der Waals surface area contributed by atoms with Gasteiger partial charge in [0.15, 0.2) is 0 Å². The lowest BCUT2D eigenvalue weighted by atomic mass is 9.83. The third-order valence-corrected chi connectivity index (χ3v) is 10.0. The molecule has 0 aliphatic heterocycles. The molecule has 0 heterocycles. The Kier molecular flexibility index (Phi) is 23.6. The largest absolute Gasteiger partial charge is 0.381 e. The van der Waals surface area contributed by atoms with E-state index in [4.69, 9.17) is 21.9 Å². The van der Waals surface area contributed by atoms with Gasteiger partial charge < -0.3 is 42.8 Å².